The van der Waals surface area contributed by atoms with Gasteiger partial charge in [-0.05, 0) is 19.1 Å². The molecule has 0 saturated carbocycles. The lowest BCUT2D eigenvalue weighted by molar-refractivity contribution is -0.136. The van der Waals surface area contributed by atoms with Gasteiger partial charge in [-0.1, -0.05) is 0 Å². The van der Waals surface area contributed by atoms with E-state index in [9.17, 15) is 13.2 Å². The molecule has 0 aromatic carbocycles. The van der Waals surface area contributed by atoms with E-state index in [4.69, 9.17) is 10.4 Å². The molecule has 2 N–H and O–H groups in total. The van der Waals surface area contributed by atoms with Gasteiger partial charge in [0.25, 0.3) is 0 Å². The minimum atomic E-state index is -3.77. The second kappa shape index (κ2) is 5.46. The summed E-state index contributed by atoms with van der Waals surface area (Å²) in [6.07, 6.45) is 0.974. The number of nitrogens with zero attached hydrogens (tertiary/aromatic N) is 2. The summed E-state index contributed by atoms with van der Waals surface area (Å²) in [6, 6.07) is 4.42. The van der Waals surface area contributed by atoms with Gasteiger partial charge < -0.3 is 5.11 Å². The van der Waals surface area contributed by atoms with Gasteiger partial charge >= 0.3 is 5.97 Å². The number of aromatic nitrogens is 1. The largest absolute Gasteiger partial charge is 0.481 e. The average molecular weight is 269 g/mol. The summed E-state index contributed by atoms with van der Waals surface area (Å²) in [6.45, 7) is 1.26. The molecule has 0 aliphatic heterocycles. The highest BCUT2D eigenvalue weighted by Gasteiger charge is 2.19. The first kappa shape index (κ1) is 13.9. The number of hydrogen-bond donors (Lipinski definition) is 2. The molecule has 1 heterocycles. The number of pyridine rings is 1. The van der Waals surface area contributed by atoms with Crippen molar-refractivity contribution >= 4 is 21.7 Å². The van der Waals surface area contributed by atoms with Crippen LogP contribution < -0.4 is 4.72 Å². The third kappa shape index (κ3) is 3.71. The van der Waals surface area contributed by atoms with E-state index < -0.39 is 21.2 Å². The van der Waals surface area contributed by atoms with Gasteiger partial charge in [0, 0.05) is 0 Å². The topological polar surface area (TPSA) is 120 Å². The maximum absolute atomic E-state index is 11.5. The molecule has 0 aliphatic rings. The summed E-state index contributed by atoms with van der Waals surface area (Å²) >= 11 is 0. The van der Waals surface area contributed by atoms with Crippen LogP contribution in [0.15, 0.2) is 18.3 Å². The smallest absolute Gasteiger partial charge is 0.309 e. The van der Waals surface area contributed by atoms with Crippen LogP contribution in [0, 0.1) is 11.3 Å². The lowest BCUT2D eigenvalue weighted by atomic mass is 10.3. The minimum absolute atomic E-state index is 0.186. The van der Waals surface area contributed by atoms with E-state index in [1.165, 1.54) is 25.3 Å². The number of anilines is 1. The Morgan fingerprint density at radius 2 is 2.28 bits per heavy atom. The van der Waals surface area contributed by atoms with Crippen LogP contribution >= 0.6 is 0 Å². The Bertz CT molecular complexity index is 574. The summed E-state index contributed by atoms with van der Waals surface area (Å²) in [5.74, 6) is -1.02. The Labute approximate surface area is 104 Å². The molecule has 96 valence electrons. The Balaban J connectivity index is 2.82. The van der Waals surface area contributed by atoms with Crippen LogP contribution in [0.4, 0.5) is 5.69 Å². The number of rotatable bonds is 5. The van der Waals surface area contributed by atoms with Crippen molar-refractivity contribution < 1.29 is 18.3 Å². The van der Waals surface area contributed by atoms with Crippen molar-refractivity contribution in [3.63, 3.8) is 0 Å². The maximum atomic E-state index is 11.5. The van der Waals surface area contributed by atoms with E-state index in [1.807, 2.05) is 0 Å². The van der Waals surface area contributed by atoms with Crippen LogP contribution in [0.25, 0.3) is 0 Å². The van der Waals surface area contributed by atoms with Crippen molar-refractivity contribution in [1.29, 1.82) is 5.26 Å². The molecule has 1 rings (SSSR count). The summed E-state index contributed by atoms with van der Waals surface area (Å²) in [7, 11) is -3.77. The van der Waals surface area contributed by atoms with Crippen molar-refractivity contribution in [2.24, 2.45) is 0 Å². The van der Waals surface area contributed by atoms with Crippen molar-refractivity contribution in [3.05, 3.63) is 24.0 Å². The van der Waals surface area contributed by atoms with Gasteiger partial charge in [-0.25, -0.2) is 8.42 Å². The van der Waals surface area contributed by atoms with E-state index in [-0.39, 0.29) is 12.1 Å². The fraction of sp³-hybridized carbons (Fsp3) is 0.300. The summed E-state index contributed by atoms with van der Waals surface area (Å²) in [4.78, 5) is 14.2. The number of nitriles is 1. The highest BCUT2D eigenvalue weighted by molar-refractivity contribution is 7.93. The number of carbonyl (C=O) groups is 1. The van der Waals surface area contributed by atoms with Gasteiger partial charge in [-0.2, -0.15) is 5.26 Å². The second-order valence-corrected chi connectivity index (χ2v) is 5.53. The van der Waals surface area contributed by atoms with Crippen LogP contribution in [0.5, 0.6) is 0 Å². The Morgan fingerprint density at radius 1 is 1.61 bits per heavy atom. The van der Waals surface area contributed by atoms with Gasteiger partial charge in [-0.15, -0.1) is 0 Å². The third-order valence-corrected chi connectivity index (χ3v) is 3.62. The van der Waals surface area contributed by atoms with E-state index in [1.54, 1.807) is 6.07 Å². The number of aliphatic carboxylic acids is 1. The third-order valence-electron chi connectivity index (χ3n) is 2.06. The number of carboxylic acids is 1. The van der Waals surface area contributed by atoms with Crippen LogP contribution in [0.2, 0.25) is 0 Å². The molecule has 0 bridgehead atoms. The Morgan fingerprint density at radius 3 is 2.72 bits per heavy atom. The zero-order valence-electron chi connectivity index (χ0n) is 9.49. The molecule has 1 unspecified atom stereocenters. The van der Waals surface area contributed by atoms with Crippen molar-refractivity contribution in [3.8, 4) is 6.07 Å². The standard InChI is InChI=1S/C10H11N3O4S/c1-7(5-11)18(16,17)13-9-3-2-8(12-6-9)4-10(14)15/h2-3,6-7,13H,4H2,1H3,(H,14,15). The predicted molar refractivity (Wildman–Crippen MR) is 63.2 cm³/mol. The molecular weight excluding hydrogens is 258 g/mol. The minimum Gasteiger partial charge on any atom is -0.481 e. The predicted octanol–water partition coefficient (Wildman–Crippen LogP) is 0.362. The Hall–Kier alpha value is -2.14. The molecule has 18 heavy (non-hydrogen) atoms. The molecular formula is C10H11N3O4S. The Kier molecular flexibility index (Phi) is 4.23. The summed E-state index contributed by atoms with van der Waals surface area (Å²) in [5.41, 5.74) is 0.505. The number of sulfonamides is 1. The molecule has 7 nitrogen and oxygen atoms in total. The van der Waals surface area contributed by atoms with E-state index in [0.717, 1.165) is 0 Å². The molecule has 1 atom stereocenters. The first-order chi connectivity index (χ1) is 8.35. The normalized spacial score (nSPS) is 12.4. The zero-order chi connectivity index (χ0) is 13.8. The first-order valence-electron chi connectivity index (χ1n) is 4.93. The van der Waals surface area contributed by atoms with Gasteiger partial charge in [0.05, 0.1) is 30.1 Å². The van der Waals surface area contributed by atoms with Crippen LogP contribution in [0.3, 0.4) is 0 Å². The second-order valence-electron chi connectivity index (χ2n) is 3.53. The van der Waals surface area contributed by atoms with E-state index in [0.29, 0.717) is 5.69 Å². The molecule has 0 radical (unpaired) electrons. The molecule has 0 saturated heterocycles. The van der Waals surface area contributed by atoms with Gasteiger partial charge in [-0.3, -0.25) is 14.5 Å². The first-order valence-corrected chi connectivity index (χ1v) is 6.48. The molecule has 1 aromatic heterocycles. The summed E-state index contributed by atoms with van der Waals surface area (Å²) < 4.78 is 25.3. The molecule has 0 fully saturated rings. The van der Waals surface area contributed by atoms with Gasteiger partial charge in [0.2, 0.25) is 10.0 Å². The molecule has 1 aromatic rings. The fourth-order valence-corrected chi connectivity index (χ4v) is 1.83. The SMILES string of the molecule is CC(C#N)S(=O)(=O)Nc1ccc(CC(=O)O)nc1. The van der Waals surface area contributed by atoms with Crippen LogP contribution in [0.1, 0.15) is 12.6 Å². The van der Waals surface area contributed by atoms with Crippen molar-refractivity contribution in [2.45, 2.75) is 18.6 Å². The van der Waals surface area contributed by atoms with Crippen molar-refractivity contribution in [2.75, 3.05) is 4.72 Å². The lowest BCUT2D eigenvalue weighted by Crippen LogP contribution is -2.23. The molecule has 0 spiro atoms. The molecule has 8 heteroatoms. The average Bonchev–Trinajstić information content (AvgIpc) is 2.29. The number of hydrogen-bond acceptors (Lipinski definition) is 5. The lowest BCUT2D eigenvalue weighted by Gasteiger charge is -2.08. The molecule has 0 aliphatic carbocycles. The van der Waals surface area contributed by atoms with Crippen LogP contribution in [-0.2, 0) is 21.2 Å². The monoisotopic (exact) mass is 269 g/mol. The van der Waals surface area contributed by atoms with Gasteiger partial charge in [0.1, 0.15) is 0 Å². The maximum Gasteiger partial charge on any atom is 0.309 e. The van der Waals surface area contributed by atoms with E-state index in [2.05, 4.69) is 9.71 Å². The molecule has 0 amide bonds. The fourth-order valence-electron chi connectivity index (χ4n) is 1.07. The van der Waals surface area contributed by atoms with Crippen molar-refractivity contribution in [1.82, 2.24) is 4.98 Å². The number of nitrogens with one attached hydrogen (secondary N) is 1. The quantitative estimate of drug-likeness (QED) is 0.796. The van der Waals surface area contributed by atoms with E-state index >= 15 is 0 Å². The highest BCUT2D eigenvalue weighted by Crippen LogP contribution is 2.11. The zero-order valence-corrected chi connectivity index (χ0v) is 10.3. The highest BCUT2D eigenvalue weighted by atomic mass is 32.2. The van der Waals surface area contributed by atoms with Crippen LogP contribution in [-0.4, -0.2) is 29.7 Å². The summed E-state index contributed by atoms with van der Waals surface area (Å²) in [5, 5.41) is 15.9. The number of carboxylic acid groups (broad SMARTS) is 1. The van der Waals surface area contributed by atoms with Gasteiger partial charge in [0.15, 0.2) is 5.25 Å².